The second-order valence-corrected chi connectivity index (χ2v) is 7.20. The molecular weight excluding hydrogens is 342 g/mol. The van der Waals surface area contributed by atoms with E-state index in [0.29, 0.717) is 18.7 Å². The highest BCUT2D eigenvalue weighted by Gasteiger charge is 2.30. The number of nitrogens with zero attached hydrogens (tertiary/aromatic N) is 1. The number of carbonyl (C=O) groups is 2. The molecule has 2 aromatic rings. The minimum Gasteiger partial charge on any atom is -0.385 e. The van der Waals surface area contributed by atoms with Gasteiger partial charge in [0.25, 0.3) is 5.91 Å². The highest BCUT2D eigenvalue weighted by atomic mass is 16.5. The maximum atomic E-state index is 12.8. The molecule has 0 aliphatic carbocycles. The quantitative estimate of drug-likeness (QED) is 0.770. The van der Waals surface area contributed by atoms with E-state index in [0.717, 1.165) is 54.5 Å². The van der Waals surface area contributed by atoms with Gasteiger partial charge in [-0.1, -0.05) is 12.1 Å². The topological polar surface area (TPSA) is 70.7 Å². The molecule has 2 aliphatic rings. The Balaban J connectivity index is 1.64. The largest absolute Gasteiger partial charge is 0.385 e. The van der Waals surface area contributed by atoms with Crippen LogP contribution in [0.5, 0.6) is 0 Å². The first-order valence-electron chi connectivity index (χ1n) is 9.59. The van der Waals surface area contributed by atoms with E-state index in [1.54, 1.807) is 7.11 Å². The summed E-state index contributed by atoms with van der Waals surface area (Å²) in [7, 11) is 1.66. The van der Waals surface area contributed by atoms with Crippen molar-refractivity contribution in [1.82, 2.24) is 5.32 Å². The van der Waals surface area contributed by atoms with E-state index in [-0.39, 0.29) is 17.7 Å². The van der Waals surface area contributed by atoms with Crippen LogP contribution in [0.3, 0.4) is 0 Å². The van der Waals surface area contributed by atoms with Crippen LogP contribution in [0.2, 0.25) is 0 Å². The van der Waals surface area contributed by atoms with Gasteiger partial charge in [-0.15, -0.1) is 0 Å². The summed E-state index contributed by atoms with van der Waals surface area (Å²) in [6, 6.07) is 9.58. The van der Waals surface area contributed by atoms with Crippen LogP contribution in [-0.4, -0.2) is 45.2 Å². The molecule has 0 bridgehead atoms. The van der Waals surface area contributed by atoms with Crippen molar-refractivity contribution in [2.45, 2.75) is 19.3 Å². The number of hydrogen-bond donors (Lipinski definition) is 2. The van der Waals surface area contributed by atoms with E-state index in [1.165, 1.54) is 0 Å². The lowest BCUT2D eigenvalue weighted by atomic mass is 9.98. The Bertz CT molecular complexity index is 874. The molecule has 1 fully saturated rings. The Morgan fingerprint density at radius 2 is 2.22 bits per heavy atom. The van der Waals surface area contributed by atoms with Gasteiger partial charge < -0.3 is 20.3 Å². The second kappa shape index (κ2) is 7.66. The SMILES string of the molecule is COCCCN1C(=O)c2cccc3c(NC(=O)C4CCCNC4)ccc1c23. The van der Waals surface area contributed by atoms with Crippen molar-refractivity contribution in [1.29, 1.82) is 0 Å². The lowest BCUT2D eigenvalue weighted by Gasteiger charge is -2.22. The molecule has 142 valence electrons. The lowest BCUT2D eigenvalue weighted by molar-refractivity contribution is -0.120. The minimum atomic E-state index is -0.00559. The average molecular weight is 367 g/mol. The lowest BCUT2D eigenvalue weighted by Crippen LogP contribution is -2.37. The Morgan fingerprint density at radius 1 is 1.33 bits per heavy atom. The van der Waals surface area contributed by atoms with Crippen LogP contribution < -0.4 is 15.5 Å². The summed E-state index contributed by atoms with van der Waals surface area (Å²) in [5.41, 5.74) is 2.40. The molecule has 2 aromatic carbocycles. The predicted octanol–water partition coefficient (Wildman–Crippen LogP) is 2.77. The molecule has 0 saturated carbocycles. The van der Waals surface area contributed by atoms with E-state index in [2.05, 4.69) is 10.6 Å². The maximum absolute atomic E-state index is 12.8. The van der Waals surface area contributed by atoms with Gasteiger partial charge in [-0.05, 0) is 44.0 Å². The molecule has 2 N–H and O–H groups in total. The van der Waals surface area contributed by atoms with Gasteiger partial charge in [0.1, 0.15) is 0 Å². The summed E-state index contributed by atoms with van der Waals surface area (Å²) in [6.45, 7) is 2.94. The van der Waals surface area contributed by atoms with Crippen molar-refractivity contribution in [3.63, 3.8) is 0 Å². The van der Waals surface area contributed by atoms with Crippen LogP contribution in [0.15, 0.2) is 30.3 Å². The third kappa shape index (κ3) is 3.31. The number of hydrogen-bond acceptors (Lipinski definition) is 4. The van der Waals surface area contributed by atoms with Gasteiger partial charge in [-0.25, -0.2) is 0 Å². The Labute approximate surface area is 158 Å². The molecule has 6 nitrogen and oxygen atoms in total. The zero-order valence-electron chi connectivity index (χ0n) is 15.6. The maximum Gasteiger partial charge on any atom is 0.258 e. The molecule has 0 aromatic heterocycles. The fraction of sp³-hybridized carbons (Fsp3) is 0.429. The Morgan fingerprint density at radius 3 is 3.00 bits per heavy atom. The summed E-state index contributed by atoms with van der Waals surface area (Å²) in [6.07, 6.45) is 2.71. The number of benzene rings is 2. The van der Waals surface area contributed by atoms with Crippen molar-refractivity contribution >= 4 is 34.0 Å². The van der Waals surface area contributed by atoms with Crippen LogP contribution >= 0.6 is 0 Å². The van der Waals surface area contributed by atoms with Gasteiger partial charge in [0.15, 0.2) is 0 Å². The van der Waals surface area contributed by atoms with Crippen molar-refractivity contribution in [2.24, 2.45) is 5.92 Å². The van der Waals surface area contributed by atoms with Crippen LogP contribution in [0.4, 0.5) is 11.4 Å². The predicted molar refractivity (Wildman–Crippen MR) is 106 cm³/mol. The number of methoxy groups -OCH3 is 1. The zero-order valence-corrected chi connectivity index (χ0v) is 15.6. The summed E-state index contributed by atoms with van der Waals surface area (Å²) < 4.78 is 5.12. The van der Waals surface area contributed by atoms with E-state index >= 15 is 0 Å². The fourth-order valence-corrected chi connectivity index (χ4v) is 4.05. The molecule has 1 unspecified atom stereocenters. The average Bonchev–Trinajstić information content (AvgIpc) is 2.98. The van der Waals surface area contributed by atoms with Crippen molar-refractivity contribution in [2.75, 3.05) is 43.6 Å². The molecule has 1 saturated heterocycles. The number of nitrogens with one attached hydrogen (secondary N) is 2. The highest BCUT2D eigenvalue weighted by molar-refractivity contribution is 6.27. The van der Waals surface area contributed by atoms with E-state index < -0.39 is 0 Å². The molecule has 0 spiro atoms. The molecule has 4 rings (SSSR count). The van der Waals surface area contributed by atoms with Gasteiger partial charge in [0, 0.05) is 48.8 Å². The molecule has 0 radical (unpaired) electrons. The fourth-order valence-electron chi connectivity index (χ4n) is 4.05. The molecule has 2 heterocycles. The van der Waals surface area contributed by atoms with Gasteiger partial charge in [-0.3, -0.25) is 9.59 Å². The minimum absolute atomic E-state index is 0.00559. The monoisotopic (exact) mass is 367 g/mol. The van der Waals surface area contributed by atoms with Crippen LogP contribution in [0.1, 0.15) is 29.6 Å². The standard InChI is InChI=1S/C21H25N3O3/c1-27-12-4-11-24-18-9-8-17(23-20(25)14-5-3-10-22-13-14)15-6-2-7-16(19(15)18)21(24)26/h2,6-9,14,22H,3-5,10-13H2,1H3,(H,23,25). The number of amides is 2. The summed E-state index contributed by atoms with van der Waals surface area (Å²) in [5.74, 6) is 0.0600. The number of carbonyl (C=O) groups excluding carboxylic acids is 2. The molecule has 1 atom stereocenters. The highest BCUT2D eigenvalue weighted by Crippen LogP contribution is 2.40. The first-order chi connectivity index (χ1) is 13.2. The Hall–Kier alpha value is -2.44. The second-order valence-electron chi connectivity index (χ2n) is 7.20. The summed E-state index contributed by atoms with van der Waals surface area (Å²) in [5, 5.41) is 8.22. The third-order valence-corrected chi connectivity index (χ3v) is 5.44. The summed E-state index contributed by atoms with van der Waals surface area (Å²) in [4.78, 5) is 27.3. The summed E-state index contributed by atoms with van der Waals surface area (Å²) >= 11 is 0. The Kier molecular flexibility index (Phi) is 5.09. The first-order valence-corrected chi connectivity index (χ1v) is 9.59. The smallest absolute Gasteiger partial charge is 0.258 e. The molecule has 27 heavy (non-hydrogen) atoms. The van der Waals surface area contributed by atoms with E-state index in [4.69, 9.17) is 4.74 Å². The van der Waals surface area contributed by atoms with Gasteiger partial charge in [0.2, 0.25) is 5.91 Å². The normalized spacial score (nSPS) is 18.9. The zero-order chi connectivity index (χ0) is 18.8. The number of ether oxygens (including phenoxy) is 1. The van der Waals surface area contributed by atoms with Crippen LogP contribution in [0.25, 0.3) is 10.8 Å². The molecule has 2 amide bonds. The molecular formula is C21H25N3O3. The van der Waals surface area contributed by atoms with Crippen molar-refractivity contribution in [3.05, 3.63) is 35.9 Å². The van der Waals surface area contributed by atoms with Crippen molar-refractivity contribution in [3.8, 4) is 0 Å². The molecule has 2 aliphatic heterocycles. The van der Waals surface area contributed by atoms with E-state index in [1.807, 2.05) is 35.2 Å². The molecule has 6 heteroatoms. The van der Waals surface area contributed by atoms with Crippen LogP contribution in [-0.2, 0) is 9.53 Å². The number of anilines is 2. The van der Waals surface area contributed by atoms with Gasteiger partial charge >= 0.3 is 0 Å². The number of rotatable bonds is 6. The van der Waals surface area contributed by atoms with E-state index in [9.17, 15) is 9.59 Å². The van der Waals surface area contributed by atoms with Crippen LogP contribution in [0, 0.1) is 5.92 Å². The van der Waals surface area contributed by atoms with Gasteiger partial charge in [0.05, 0.1) is 11.6 Å². The van der Waals surface area contributed by atoms with Gasteiger partial charge in [-0.2, -0.15) is 0 Å². The van der Waals surface area contributed by atoms with Crippen molar-refractivity contribution < 1.29 is 14.3 Å². The third-order valence-electron chi connectivity index (χ3n) is 5.44. The first kappa shape index (κ1) is 17.9. The number of piperidine rings is 1.